The number of aryl methyl sites for hydroxylation is 1. The van der Waals surface area contributed by atoms with Crippen molar-refractivity contribution in [2.24, 2.45) is 5.92 Å². The summed E-state index contributed by atoms with van der Waals surface area (Å²) in [6.07, 6.45) is 0.809. The Balaban J connectivity index is 2.24. The first-order chi connectivity index (χ1) is 7.18. The monoisotopic (exact) mass is 224 g/mol. The van der Waals surface area contributed by atoms with E-state index in [-0.39, 0.29) is 11.7 Å². The third-order valence-electron chi connectivity index (χ3n) is 2.69. The molecular formula is C12H13ClO2. The summed E-state index contributed by atoms with van der Waals surface area (Å²) in [6.45, 7) is 3.17. The molecule has 1 aromatic carbocycles. The van der Waals surface area contributed by atoms with Gasteiger partial charge in [-0.15, -0.1) is 0 Å². The summed E-state index contributed by atoms with van der Waals surface area (Å²) in [6, 6.07) is 5.54. The third-order valence-corrected chi connectivity index (χ3v) is 3.00. The minimum atomic E-state index is -0.00907. The summed E-state index contributed by atoms with van der Waals surface area (Å²) in [5.41, 5.74) is 1.69. The molecule has 1 fully saturated rings. The van der Waals surface area contributed by atoms with Gasteiger partial charge in [0.25, 0.3) is 0 Å². The minimum absolute atomic E-state index is 0.00907. The zero-order chi connectivity index (χ0) is 10.8. The van der Waals surface area contributed by atoms with Crippen LogP contribution in [0.2, 0.25) is 5.02 Å². The lowest BCUT2D eigenvalue weighted by Crippen LogP contribution is -2.15. The van der Waals surface area contributed by atoms with Crippen molar-refractivity contribution in [1.82, 2.24) is 0 Å². The second-order valence-corrected chi connectivity index (χ2v) is 4.32. The Labute approximate surface area is 94.2 Å². The number of halogens is 1. The van der Waals surface area contributed by atoms with E-state index in [0.29, 0.717) is 23.8 Å². The van der Waals surface area contributed by atoms with Gasteiger partial charge in [-0.25, -0.2) is 0 Å². The van der Waals surface area contributed by atoms with Crippen LogP contribution in [0.3, 0.4) is 0 Å². The van der Waals surface area contributed by atoms with Gasteiger partial charge in [0.2, 0.25) is 0 Å². The fourth-order valence-corrected chi connectivity index (χ4v) is 2.11. The minimum Gasteiger partial charge on any atom is -0.381 e. The first kappa shape index (κ1) is 10.7. The summed E-state index contributed by atoms with van der Waals surface area (Å²) < 4.78 is 5.20. The first-order valence-electron chi connectivity index (χ1n) is 5.06. The van der Waals surface area contributed by atoms with E-state index < -0.39 is 0 Å². The molecule has 0 bridgehead atoms. The highest BCUT2D eigenvalue weighted by Crippen LogP contribution is 2.24. The lowest BCUT2D eigenvalue weighted by Gasteiger charge is -2.08. The number of carbonyl (C=O) groups excluding carboxylic acids is 1. The molecule has 0 saturated carbocycles. The smallest absolute Gasteiger partial charge is 0.169 e. The topological polar surface area (TPSA) is 26.3 Å². The van der Waals surface area contributed by atoms with Crippen molar-refractivity contribution in [3.63, 3.8) is 0 Å². The molecular weight excluding hydrogens is 212 g/mol. The van der Waals surface area contributed by atoms with Gasteiger partial charge in [0.15, 0.2) is 5.78 Å². The van der Waals surface area contributed by atoms with Crippen LogP contribution in [0.4, 0.5) is 0 Å². The molecule has 0 amide bonds. The summed E-state index contributed by atoms with van der Waals surface area (Å²) in [7, 11) is 0. The van der Waals surface area contributed by atoms with Gasteiger partial charge < -0.3 is 4.74 Å². The molecule has 0 spiro atoms. The normalized spacial score (nSPS) is 20.5. The van der Waals surface area contributed by atoms with Crippen LogP contribution in [-0.4, -0.2) is 19.0 Å². The number of hydrogen-bond donors (Lipinski definition) is 0. The Morgan fingerprint density at radius 1 is 1.53 bits per heavy atom. The molecule has 1 aliphatic heterocycles. The quantitative estimate of drug-likeness (QED) is 0.723. The highest BCUT2D eigenvalue weighted by atomic mass is 35.5. The Bertz CT molecular complexity index is 381. The molecule has 2 rings (SSSR count). The molecule has 1 aromatic rings. The summed E-state index contributed by atoms with van der Waals surface area (Å²) in [5.74, 6) is 0.0997. The van der Waals surface area contributed by atoms with Crippen molar-refractivity contribution < 1.29 is 9.53 Å². The maximum Gasteiger partial charge on any atom is 0.169 e. The number of benzene rings is 1. The molecule has 0 radical (unpaired) electrons. The Morgan fingerprint density at radius 2 is 2.33 bits per heavy atom. The van der Waals surface area contributed by atoms with Crippen molar-refractivity contribution in [3.05, 3.63) is 34.3 Å². The van der Waals surface area contributed by atoms with Gasteiger partial charge in [-0.1, -0.05) is 17.7 Å². The Morgan fingerprint density at radius 3 is 2.93 bits per heavy atom. The van der Waals surface area contributed by atoms with Crippen LogP contribution in [0.1, 0.15) is 22.3 Å². The average Bonchev–Trinajstić information content (AvgIpc) is 2.69. The number of ether oxygens (including phenoxy) is 1. The van der Waals surface area contributed by atoms with Crippen molar-refractivity contribution in [2.45, 2.75) is 13.3 Å². The van der Waals surface area contributed by atoms with Crippen LogP contribution in [0, 0.1) is 12.8 Å². The predicted octanol–water partition coefficient (Wildman–Crippen LogP) is 2.87. The van der Waals surface area contributed by atoms with E-state index in [1.165, 1.54) is 0 Å². The Hall–Kier alpha value is -0.860. The van der Waals surface area contributed by atoms with E-state index in [0.717, 1.165) is 12.0 Å². The molecule has 0 aromatic heterocycles. The largest absolute Gasteiger partial charge is 0.381 e. The molecule has 1 unspecified atom stereocenters. The standard InChI is InChI=1S/C12H13ClO2/c1-8-2-3-10(11(13)6-8)12(14)9-4-5-15-7-9/h2-3,6,9H,4-5,7H2,1H3. The second kappa shape index (κ2) is 4.33. The van der Waals surface area contributed by atoms with E-state index in [4.69, 9.17) is 16.3 Å². The summed E-state index contributed by atoms with van der Waals surface area (Å²) in [4.78, 5) is 12.0. The van der Waals surface area contributed by atoms with Gasteiger partial charge in [0.05, 0.1) is 11.6 Å². The molecule has 1 saturated heterocycles. The van der Waals surface area contributed by atoms with Gasteiger partial charge in [0.1, 0.15) is 0 Å². The average molecular weight is 225 g/mol. The predicted molar refractivity (Wildman–Crippen MR) is 59.4 cm³/mol. The number of carbonyl (C=O) groups is 1. The van der Waals surface area contributed by atoms with Gasteiger partial charge >= 0.3 is 0 Å². The molecule has 80 valence electrons. The van der Waals surface area contributed by atoms with Crippen LogP contribution >= 0.6 is 11.6 Å². The van der Waals surface area contributed by atoms with Gasteiger partial charge in [-0.05, 0) is 31.0 Å². The zero-order valence-electron chi connectivity index (χ0n) is 8.63. The van der Waals surface area contributed by atoms with E-state index in [1.807, 2.05) is 19.1 Å². The third kappa shape index (κ3) is 2.21. The lowest BCUT2D eigenvalue weighted by atomic mass is 9.96. The SMILES string of the molecule is Cc1ccc(C(=O)C2CCOC2)c(Cl)c1. The molecule has 1 atom stereocenters. The van der Waals surface area contributed by atoms with E-state index in [2.05, 4.69) is 0 Å². The highest BCUT2D eigenvalue weighted by molar-refractivity contribution is 6.34. The van der Waals surface area contributed by atoms with Crippen LogP contribution in [0.5, 0.6) is 0 Å². The second-order valence-electron chi connectivity index (χ2n) is 3.91. The highest BCUT2D eigenvalue weighted by Gasteiger charge is 2.25. The molecule has 2 nitrogen and oxygen atoms in total. The Kier molecular flexibility index (Phi) is 3.08. The number of ketones is 1. The zero-order valence-corrected chi connectivity index (χ0v) is 9.38. The molecule has 1 heterocycles. The molecule has 15 heavy (non-hydrogen) atoms. The van der Waals surface area contributed by atoms with Gasteiger partial charge in [0, 0.05) is 18.1 Å². The van der Waals surface area contributed by atoms with Crippen molar-refractivity contribution in [3.8, 4) is 0 Å². The number of rotatable bonds is 2. The van der Waals surface area contributed by atoms with Crippen LogP contribution in [-0.2, 0) is 4.74 Å². The van der Waals surface area contributed by atoms with Crippen molar-refractivity contribution >= 4 is 17.4 Å². The summed E-state index contributed by atoms with van der Waals surface area (Å²) in [5, 5.41) is 0.548. The van der Waals surface area contributed by atoms with E-state index >= 15 is 0 Å². The maximum atomic E-state index is 12.0. The molecule has 0 aliphatic carbocycles. The van der Waals surface area contributed by atoms with Crippen molar-refractivity contribution in [2.75, 3.05) is 13.2 Å². The summed E-state index contributed by atoms with van der Waals surface area (Å²) >= 11 is 6.04. The van der Waals surface area contributed by atoms with Gasteiger partial charge in [-0.2, -0.15) is 0 Å². The molecule has 1 aliphatic rings. The van der Waals surface area contributed by atoms with Crippen LogP contribution in [0.15, 0.2) is 18.2 Å². The van der Waals surface area contributed by atoms with E-state index in [1.54, 1.807) is 6.07 Å². The molecule has 0 N–H and O–H groups in total. The fourth-order valence-electron chi connectivity index (χ4n) is 1.78. The number of Topliss-reactive ketones (excluding diaryl/α,β-unsaturated/α-hetero) is 1. The van der Waals surface area contributed by atoms with Crippen LogP contribution in [0.25, 0.3) is 0 Å². The van der Waals surface area contributed by atoms with Crippen LogP contribution < -0.4 is 0 Å². The van der Waals surface area contributed by atoms with Gasteiger partial charge in [-0.3, -0.25) is 4.79 Å². The lowest BCUT2D eigenvalue weighted by molar-refractivity contribution is 0.0900. The fraction of sp³-hybridized carbons (Fsp3) is 0.417. The van der Waals surface area contributed by atoms with Crippen molar-refractivity contribution in [1.29, 1.82) is 0 Å². The number of hydrogen-bond acceptors (Lipinski definition) is 2. The maximum absolute atomic E-state index is 12.0. The first-order valence-corrected chi connectivity index (χ1v) is 5.44. The molecule has 3 heteroatoms. The van der Waals surface area contributed by atoms with E-state index in [9.17, 15) is 4.79 Å².